The van der Waals surface area contributed by atoms with Crippen molar-refractivity contribution in [2.75, 3.05) is 14.2 Å². The third-order valence-corrected chi connectivity index (χ3v) is 4.80. The van der Waals surface area contributed by atoms with E-state index in [0.717, 1.165) is 31.4 Å². The Balaban J connectivity index is 1.58. The van der Waals surface area contributed by atoms with E-state index in [9.17, 15) is 4.79 Å². The Kier molecular flexibility index (Phi) is 5.89. The normalized spacial score (nSPS) is 16.7. The van der Waals surface area contributed by atoms with Gasteiger partial charge in [0.2, 0.25) is 0 Å². The molecule has 0 atom stereocenters. The van der Waals surface area contributed by atoms with Crippen molar-refractivity contribution in [3.05, 3.63) is 59.7 Å². The number of methoxy groups -OCH3 is 2. The van der Waals surface area contributed by atoms with Crippen molar-refractivity contribution < 1.29 is 14.3 Å². The Morgan fingerprint density at radius 1 is 1.00 bits per heavy atom. The Hall–Kier alpha value is -2.82. The highest BCUT2D eigenvalue weighted by Gasteiger charge is 2.19. The van der Waals surface area contributed by atoms with Crippen LogP contribution in [0.4, 0.5) is 0 Å². The lowest BCUT2D eigenvalue weighted by atomic mass is 9.83. The molecule has 26 heavy (non-hydrogen) atoms. The van der Waals surface area contributed by atoms with E-state index in [-0.39, 0.29) is 5.91 Å². The van der Waals surface area contributed by atoms with E-state index < -0.39 is 0 Å². The van der Waals surface area contributed by atoms with Crippen LogP contribution in [0.15, 0.2) is 53.6 Å². The van der Waals surface area contributed by atoms with Gasteiger partial charge >= 0.3 is 0 Å². The SMILES string of the molecule is COc1ccc(C(=O)NN=C2CCC(c3ccccc3)CC2)cc1OC. The van der Waals surface area contributed by atoms with E-state index in [1.54, 1.807) is 32.4 Å². The fraction of sp³-hybridized carbons (Fsp3) is 0.333. The van der Waals surface area contributed by atoms with Gasteiger partial charge in [-0.2, -0.15) is 5.10 Å². The van der Waals surface area contributed by atoms with Crippen molar-refractivity contribution >= 4 is 11.6 Å². The number of nitrogens with zero attached hydrogens (tertiary/aromatic N) is 1. The molecule has 2 aromatic rings. The molecule has 1 N–H and O–H groups in total. The maximum absolute atomic E-state index is 12.3. The summed E-state index contributed by atoms with van der Waals surface area (Å²) in [6.45, 7) is 0. The zero-order valence-corrected chi connectivity index (χ0v) is 15.2. The topological polar surface area (TPSA) is 59.9 Å². The highest BCUT2D eigenvalue weighted by molar-refractivity contribution is 5.96. The molecule has 0 aliphatic heterocycles. The second-order valence-corrected chi connectivity index (χ2v) is 6.37. The number of ether oxygens (including phenoxy) is 2. The van der Waals surface area contributed by atoms with E-state index in [1.807, 2.05) is 6.07 Å². The molecule has 5 heteroatoms. The number of carbonyl (C=O) groups excluding carboxylic acids is 1. The monoisotopic (exact) mass is 352 g/mol. The molecule has 5 nitrogen and oxygen atoms in total. The van der Waals surface area contributed by atoms with E-state index in [0.29, 0.717) is 23.0 Å². The lowest BCUT2D eigenvalue weighted by Crippen LogP contribution is -2.22. The molecule has 2 aromatic carbocycles. The fourth-order valence-corrected chi connectivity index (χ4v) is 3.29. The van der Waals surface area contributed by atoms with Gasteiger partial charge in [0, 0.05) is 11.3 Å². The van der Waals surface area contributed by atoms with Crippen LogP contribution in [0.1, 0.15) is 47.5 Å². The van der Waals surface area contributed by atoms with Gasteiger partial charge in [0.05, 0.1) is 14.2 Å². The Morgan fingerprint density at radius 2 is 1.69 bits per heavy atom. The molecule has 136 valence electrons. The molecule has 0 unspecified atom stereocenters. The van der Waals surface area contributed by atoms with E-state index in [4.69, 9.17) is 9.47 Å². The van der Waals surface area contributed by atoms with Gasteiger partial charge in [-0.05, 0) is 55.4 Å². The van der Waals surface area contributed by atoms with Crippen molar-refractivity contribution in [2.24, 2.45) is 5.10 Å². The third kappa shape index (κ3) is 4.23. The highest BCUT2D eigenvalue weighted by Crippen LogP contribution is 2.31. The molecule has 0 aromatic heterocycles. The first-order valence-corrected chi connectivity index (χ1v) is 8.84. The number of amides is 1. The number of hydrogen-bond acceptors (Lipinski definition) is 4. The summed E-state index contributed by atoms with van der Waals surface area (Å²) in [6.07, 6.45) is 3.95. The van der Waals surface area contributed by atoms with Gasteiger partial charge in [-0.3, -0.25) is 4.79 Å². The Bertz CT molecular complexity index is 777. The summed E-state index contributed by atoms with van der Waals surface area (Å²) in [5.74, 6) is 1.45. The maximum Gasteiger partial charge on any atom is 0.271 e. The molecule has 0 saturated heterocycles. The average molecular weight is 352 g/mol. The van der Waals surface area contributed by atoms with Crippen molar-refractivity contribution in [1.82, 2.24) is 5.43 Å². The van der Waals surface area contributed by atoms with Gasteiger partial charge in [0.1, 0.15) is 0 Å². The molecule has 1 aliphatic carbocycles. The lowest BCUT2D eigenvalue weighted by molar-refractivity contribution is 0.0954. The molecule has 0 spiro atoms. The van der Waals surface area contributed by atoms with Gasteiger partial charge in [-0.15, -0.1) is 0 Å². The summed E-state index contributed by atoms with van der Waals surface area (Å²) >= 11 is 0. The smallest absolute Gasteiger partial charge is 0.271 e. The minimum atomic E-state index is -0.247. The minimum absolute atomic E-state index is 0.247. The number of carbonyl (C=O) groups is 1. The summed E-state index contributed by atoms with van der Waals surface area (Å²) in [6, 6.07) is 15.7. The van der Waals surface area contributed by atoms with Gasteiger partial charge < -0.3 is 9.47 Å². The summed E-state index contributed by atoms with van der Waals surface area (Å²) in [5.41, 5.74) is 5.59. The van der Waals surface area contributed by atoms with Crippen LogP contribution in [-0.4, -0.2) is 25.8 Å². The van der Waals surface area contributed by atoms with E-state index in [2.05, 4.69) is 34.8 Å². The summed E-state index contributed by atoms with van der Waals surface area (Å²) < 4.78 is 10.4. The van der Waals surface area contributed by atoms with Crippen molar-refractivity contribution in [3.63, 3.8) is 0 Å². The van der Waals surface area contributed by atoms with Crippen LogP contribution in [0.2, 0.25) is 0 Å². The van der Waals surface area contributed by atoms with Crippen LogP contribution in [0.3, 0.4) is 0 Å². The van der Waals surface area contributed by atoms with Gasteiger partial charge in [-0.1, -0.05) is 30.3 Å². The molecule has 1 aliphatic rings. The first-order valence-electron chi connectivity index (χ1n) is 8.84. The van der Waals surface area contributed by atoms with Gasteiger partial charge in [0.15, 0.2) is 11.5 Å². The van der Waals surface area contributed by atoms with Crippen LogP contribution in [0.5, 0.6) is 11.5 Å². The minimum Gasteiger partial charge on any atom is -0.493 e. The second kappa shape index (κ2) is 8.52. The summed E-state index contributed by atoms with van der Waals surface area (Å²) in [4.78, 5) is 12.3. The highest BCUT2D eigenvalue weighted by atomic mass is 16.5. The summed E-state index contributed by atoms with van der Waals surface area (Å²) in [7, 11) is 3.11. The van der Waals surface area contributed by atoms with Gasteiger partial charge in [0.25, 0.3) is 5.91 Å². The Morgan fingerprint density at radius 3 is 2.35 bits per heavy atom. The lowest BCUT2D eigenvalue weighted by Gasteiger charge is -2.23. The fourth-order valence-electron chi connectivity index (χ4n) is 3.29. The zero-order chi connectivity index (χ0) is 18.4. The molecular formula is C21H24N2O3. The molecule has 1 amide bonds. The van der Waals surface area contributed by atoms with Crippen molar-refractivity contribution in [2.45, 2.75) is 31.6 Å². The average Bonchev–Trinajstić information content (AvgIpc) is 2.72. The van der Waals surface area contributed by atoms with E-state index in [1.165, 1.54) is 5.56 Å². The van der Waals surface area contributed by atoms with Crippen LogP contribution < -0.4 is 14.9 Å². The number of hydrogen-bond donors (Lipinski definition) is 1. The number of hydrazone groups is 1. The summed E-state index contributed by atoms with van der Waals surface area (Å²) in [5, 5.41) is 4.33. The van der Waals surface area contributed by atoms with Crippen molar-refractivity contribution in [3.8, 4) is 11.5 Å². The quantitative estimate of drug-likeness (QED) is 0.823. The van der Waals surface area contributed by atoms with E-state index >= 15 is 0 Å². The first kappa shape index (κ1) is 18.0. The molecule has 0 heterocycles. The molecule has 0 radical (unpaired) electrons. The van der Waals surface area contributed by atoms with Crippen LogP contribution >= 0.6 is 0 Å². The van der Waals surface area contributed by atoms with Crippen molar-refractivity contribution in [1.29, 1.82) is 0 Å². The first-order chi connectivity index (χ1) is 12.7. The second-order valence-electron chi connectivity index (χ2n) is 6.37. The number of nitrogens with one attached hydrogen (secondary N) is 1. The predicted octanol–water partition coefficient (Wildman–Crippen LogP) is 4.15. The zero-order valence-electron chi connectivity index (χ0n) is 15.2. The predicted molar refractivity (Wildman–Crippen MR) is 102 cm³/mol. The van der Waals surface area contributed by atoms with Crippen LogP contribution in [0.25, 0.3) is 0 Å². The largest absolute Gasteiger partial charge is 0.493 e. The molecule has 1 fully saturated rings. The maximum atomic E-state index is 12.3. The number of benzene rings is 2. The third-order valence-electron chi connectivity index (χ3n) is 4.80. The van der Waals surface area contributed by atoms with Gasteiger partial charge in [-0.25, -0.2) is 5.43 Å². The molecule has 1 saturated carbocycles. The number of rotatable bonds is 5. The molecule has 0 bridgehead atoms. The van der Waals surface area contributed by atoms with Crippen LogP contribution in [-0.2, 0) is 0 Å². The Labute approximate surface area is 154 Å². The standard InChI is InChI=1S/C21H24N2O3/c1-25-19-13-10-17(14-20(19)26-2)21(24)23-22-18-11-8-16(9-12-18)15-6-4-3-5-7-15/h3-7,10,13-14,16H,8-9,11-12H2,1-2H3,(H,23,24). The molecule has 3 rings (SSSR count). The van der Waals surface area contributed by atoms with Crippen LogP contribution in [0, 0.1) is 0 Å². The molecular weight excluding hydrogens is 328 g/mol.